The van der Waals surface area contributed by atoms with E-state index in [0.29, 0.717) is 16.1 Å². The molecule has 0 radical (unpaired) electrons. The van der Waals surface area contributed by atoms with Gasteiger partial charge in [-0.15, -0.1) is 6.58 Å². The molecule has 0 N–H and O–H groups in total. The van der Waals surface area contributed by atoms with Crippen molar-refractivity contribution in [1.82, 2.24) is 9.78 Å². The molecule has 0 saturated heterocycles. The number of sulfone groups is 1. The molecule has 4 nitrogen and oxygen atoms in total. The van der Waals surface area contributed by atoms with Crippen molar-refractivity contribution in [2.45, 2.75) is 17.6 Å². The highest BCUT2D eigenvalue weighted by Gasteiger charge is 2.40. The van der Waals surface area contributed by atoms with Crippen LogP contribution in [0.1, 0.15) is 5.69 Å². The van der Waals surface area contributed by atoms with Crippen LogP contribution < -0.4 is 0 Å². The van der Waals surface area contributed by atoms with Gasteiger partial charge in [0.05, 0.1) is 11.4 Å². The zero-order chi connectivity index (χ0) is 21.4. The zero-order valence-electron chi connectivity index (χ0n) is 15.2. The van der Waals surface area contributed by atoms with Gasteiger partial charge in [-0.3, -0.25) is 4.68 Å². The van der Waals surface area contributed by atoms with Crippen LogP contribution >= 0.6 is 11.6 Å². The molecule has 152 valence electrons. The summed E-state index contributed by atoms with van der Waals surface area (Å²) in [4.78, 5) is 0.0656. The highest BCUT2D eigenvalue weighted by atomic mass is 35.5. The number of halogens is 4. The number of aromatic nitrogens is 2. The molecule has 0 aliphatic heterocycles. The third-order valence-corrected chi connectivity index (χ3v) is 5.59. The van der Waals surface area contributed by atoms with Crippen LogP contribution in [0, 0.1) is 0 Å². The maximum atomic E-state index is 13.9. The molecule has 0 aliphatic carbocycles. The summed E-state index contributed by atoms with van der Waals surface area (Å²) in [7, 11) is -3.44. The van der Waals surface area contributed by atoms with Crippen LogP contribution in [0.25, 0.3) is 22.4 Å². The predicted octanol–water partition coefficient (Wildman–Crippen LogP) is 5.48. The molecule has 0 bridgehead atoms. The van der Waals surface area contributed by atoms with E-state index >= 15 is 0 Å². The fourth-order valence-electron chi connectivity index (χ4n) is 2.96. The van der Waals surface area contributed by atoms with E-state index in [1.807, 2.05) is 0 Å². The lowest BCUT2D eigenvalue weighted by Crippen LogP contribution is -2.15. The van der Waals surface area contributed by atoms with E-state index in [9.17, 15) is 21.6 Å². The zero-order valence-corrected chi connectivity index (χ0v) is 16.8. The van der Waals surface area contributed by atoms with Crippen LogP contribution in [-0.2, 0) is 22.6 Å². The summed E-state index contributed by atoms with van der Waals surface area (Å²) in [6.07, 6.45) is -2.29. The van der Waals surface area contributed by atoms with E-state index in [2.05, 4.69) is 11.7 Å². The minimum absolute atomic E-state index is 0.0656. The summed E-state index contributed by atoms with van der Waals surface area (Å²) >= 11 is 5.89. The van der Waals surface area contributed by atoms with Crippen LogP contribution in [0.4, 0.5) is 13.2 Å². The predicted molar refractivity (Wildman–Crippen MR) is 106 cm³/mol. The van der Waals surface area contributed by atoms with Crippen molar-refractivity contribution in [3.63, 3.8) is 0 Å². The third-order valence-electron chi connectivity index (χ3n) is 4.21. The monoisotopic (exact) mass is 440 g/mol. The van der Waals surface area contributed by atoms with Gasteiger partial charge in [0, 0.05) is 22.4 Å². The number of hydrogen-bond donors (Lipinski definition) is 0. The van der Waals surface area contributed by atoms with Crippen molar-refractivity contribution in [2.24, 2.45) is 0 Å². The lowest BCUT2D eigenvalue weighted by molar-refractivity contribution is -0.143. The average Bonchev–Trinajstić information content (AvgIpc) is 3.02. The number of allylic oxidation sites excluding steroid dienone is 1. The van der Waals surface area contributed by atoms with Crippen molar-refractivity contribution in [1.29, 1.82) is 0 Å². The largest absolute Gasteiger partial charge is 0.433 e. The Labute approximate surface area is 171 Å². The fourth-order valence-corrected chi connectivity index (χ4v) is 3.71. The Kier molecular flexibility index (Phi) is 5.60. The van der Waals surface area contributed by atoms with Gasteiger partial charge in [-0.25, -0.2) is 8.42 Å². The Morgan fingerprint density at radius 1 is 1.07 bits per heavy atom. The van der Waals surface area contributed by atoms with Gasteiger partial charge in [0.25, 0.3) is 0 Å². The summed E-state index contributed by atoms with van der Waals surface area (Å²) in [6.45, 7) is 3.36. The van der Waals surface area contributed by atoms with E-state index < -0.39 is 21.7 Å². The van der Waals surface area contributed by atoms with Gasteiger partial charge in [-0.05, 0) is 29.8 Å². The molecule has 0 atom stereocenters. The molecule has 29 heavy (non-hydrogen) atoms. The minimum atomic E-state index is -4.67. The SMILES string of the molecule is C=CCn1nc(-c2ccc(S(C)(=O)=O)cc2)c(-c2ccc(Cl)cc2)c1C(F)(F)F. The molecular formula is C20H16ClF3N2O2S. The normalized spacial score (nSPS) is 12.2. The molecule has 1 aromatic heterocycles. The van der Waals surface area contributed by atoms with Gasteiger partial charge in [0.2, 0.25) is 0 Å². The maximum Gasteiger partial charge on any atom is 0.433 e. The van der Waals surface area contributed by atoms with Gasteiger partial charge in [-0.1, -0.05) is 41.9 Å². The van der Waals surface area contributed by atoms with E-state index in [1.165, 1.54) is 54.6 Å². The van der Waals surface area contributed by atoms with Crippen LogP contribution in [0.5, 0.6) is 0 Å². The summed E-state index contributed by atoms with van der Waals surface area (Å²) in [5.41, 5.74) is -0.290. The smallest absolute Gasteiger partial charge is 0.255 e. The quantitative estimate of drug-likeness (QED) is 0.494. The van der Waals surface area contributed by atoms with Crippen molar-refractivity contribution < 1.29 is 21.6 Å². The second kappa shape index (κ2) is 7.68. The summed E-state index contributed by atoms with van der Waals surface area (Å²) in [6, 6.07) is 11.5. The highest BCUT2D eigenvalue weighted by Crippen LogP contribution is 2.43. The molecule has 0 aliphatic rings. The van der Waals surface area contributed by atoms with Gasteiger partial charge in [0.1, 0.15) is 5.69 Å². The van der Waals surface area contributed by atoms with Gasteiger partial charge < -0.3 is 0 Å². The minimum Gasteiger partial charge on any atom is -0.255 e. The van der Waals surface area contributed by atoms with Crippen molar-refractivity contribution in [3.8, 4) is 22.4 Å². The van der Waals surface area contributed by atoms with Crippen molar-refractivity contribution in [2.75, 3.05) is 6.26 Å². The van der Waals surface area contributed by atoms with E-state index in [0.717, 1.165) is 10.9 Å². The first-order valence-corrected chi connectivity index (χ1v) is 10.6. The molecule has 0 spiro atoms. The molecule has 0 saturated carbocycles. The molecule has 0 fully saturated rings. The van der Waals surface area contributed by atoms with Gasteiger partial charge >= 0.3 is 6.18 Å². The van der Waals surface area contributed by atoms with Crippen LogP contribution in [0.15, 0.2) is 66.1 Å². The van der Waals surface area contributed by atoms with Gasteiger partial charge in [0.15, 0.2) is 15.5 Å². The van der Waals surface area contributed by atoms with Crippen LogP contribution in [-0.4, -0.2) is 24.5 Å². The fraction of sp³-hybridized carbons (Fsp3) is 0.150. The summed E-state index contributed by atoms with van der Waals surface area (Å²) in [5.74, 6) is 0. The first-order chi connectivity index (χ1) is 13.5. The van der Waals surface area contributed by atoms with Gasteiger partial charge in [-0.2, -0.15) is 18.3 Å². The van der Waals surface area contributed by atoms with Crippen LogP contribution in [0.3, 0.4) is 0 Å². The molecule has 9 heteroatoms. The molecule has 3 aromatic rings. The highest BCUT2D eigenvalue weighted by molar-refractivity contribution is 7.90. The standard InChI is InChI=1S/C20H16ClF3N2O2S/c1-3-12-26-19(20(22,23)24)17(13-4-8-15(21)9-5-13)18(25-26)14-6-10-16(11-7-14)29(2,27)28/h3-11H,1,12H2,2H3. The van der Waals surface area contributed by atoms with Crippen molar-refractivity contribution in [3.05, 3.63) is 71.9 Å². The van der Waals surface area contributed by atoms with E-state index in [-0.39, 0.29) is 22.7 Å². The number of rotatable bonds is 5. The van der Waals surface area contributed by atoms with Crippen LogP contribution in [0.2, 0.25) is 5.02 Å². The molecule has 3 rings (SSSR count). The third kappa shape index (κ3) is 4.38. The Morgan fingerprint density at radius 2 is 1.62 bits per heavy atom. The summed E-state index contributed by atoms with van der Waals surface area (Å²) < 4.78 is 66.0. The second-order valence-corrected chi connectivity index (χ2v) is 8.80. The Balaban J connectivity index is 2.31. The number of benzene rings is 2. The van der Waals surface area contributed by atoms with E-state index in [1.54, 1.807) is 0 Å². The molecule has 0 unspecified atom stereocenters. The molecule has 0 amide bonds. The lowest BCUT2D eigenvalue weighted by atomic mass is 9.98. The molecular weight excluding hydrogens is 425 g/mol. The van der Waals surface area contributed by atoms with Crippen molar-refractivity contribution >= 4 is 21.4 Å². The number of alkyl halides is 3. The van der Waals surface area contributed by atoms with E-state index in [4.69, 9.17) is 11.6 Å². The first-order valence-electron chi connectivity index (χ1n) is 8.37. The molecule has 2 aromatic carbocycles. The Morgan fingerprint density at radius 3 is 2.10 bits per heavy atom. The Hall–Kier alpha value is -2.58. The lowest BCUT2D eigenvalue weighted by Gasteiger charge is -2.12. The molecule has 1 heterocycles. The number of nitrogens with zero attached hydrogens (tertiary/aromatic N) is 2. The number of hydrogen-bond acceptors (Lipinski definition) is 3. The maximum absolute atomic E-state index is 13.9. The Bertz CT molecular complexity index is 1150. The second-order valence-electron chi connectivity index (χ2n) is 6.34. The summed E-state index contributed by atoms with van der Waals surface area (Å²) in [5, 5.41) is 4.56. The average molecular weight is 441 g/mol. The topological polar surface area (TPSA) is 52.0 Å². The first kappa shape index (κ1) is 21.1.